The number of nitrogen functional groups attached to an aromatic ring is 1. The normalized spacial score (nSPS) is 20.5. The van der Waals surface area contributed by atoms with Crippen LogP contribution in [0.25, 0.3) is 0 Å². The van der Waals surface area contributed by atoms with E-state index in [0.717, 1.165) is 16.2 Å². The summed E-state index contributed by atoms with van der Waals surface area (Å²) in [6.07, 6.45) is -4.66. The van der Waals surface area contributed by atoms with E-state index < -0.39 is 58.2 Å². The molecule has 0 bridgehead atoms. The molecule has 4 heterocycles. The number of hydrogen-bond donors (Lipinski definition) is 4. The lowest BCUT2D eigenvalue weighted by atomic mass is 9.86. The largest absolute Gasteiger partial charge is 0.477 e. The summed E-state index contributed by atoms with van der Waals surface area (Å²) < 4.78 is 46.2. The average Bonchev–Trinajstić information content (AvgIpc) is 3.38. The molecule has 1 unspecified atom stereocenters. The van der Waals surface area contributed by atoms with Crippen molar-refractivity contribution < 1.29 is 37.9 Å². The number of carbonyl (C=O) groups excluding carboxylic acids is 2. The second-order valence-electron chi connectivity index (χ2n) is 6.98. The fourth-order valence-electron chi connectivity index (χ4n) is 3.54. The number of thiazole rings is 1. The number of rotatable bonds is 6. The van der Waals surface area contributed by atoms with Gasteiger partial charge < -0.3 is 21.4 Å². The van der Waals surface area contributed by atoms with Gasteiger partial charge in [0.1, 0.15) is 26.8 Å². The van der Waals surface area contributed by atoms with Crippen molar-refractivity contribution in [1.29, 1.82) is 0 Å². The van der Waals surface area contributed by atoms with Crippen LogP contribution in [0.3, 0.4) is 0 Å². The number of halogens is 4. The third kappa shape index (κ3) is 4.53. The minimum absolute atomic E-state index is 0.00221. The number of alkyl halides is 3. The van der Waals surface area contributed by atoms with E-state index in [1.54, 1.807) is 0 Å². The smallest absolute Gasteiger partial charge is 0.437 e. The van der Waals surface area contributed by atoms with Crippen molar-refractivity contribution in [3.63, 3.8) is 0 Å². The number of aromatic nitrogens is 3. The highest BCUT2D eigenvalue weighted by Crippen LogP contribution is 2.45. The molecule has 0 spiro atoms. The Morgan fingerprint density at radius 1 is 1.34 bits per heavy atom. The number of β-lactam (4-membered cyclic amide) rings is 1. The number of nitrogens with two attached hydrogens (primary N) is 1. The van der Waals surface area contributed by atoms with E-state index in [4.69, 9.17) is 17.3 Å². The Bertz CT molecular complexity index is 1290. The van der Waals surface area contributed by atoms with Crippen LogP contribution in [0.4, 0.5) is 18.3 Å². The number of oxime groups is 1. The maximum Gasteiger partial charge on any atom is 0.437 e. The van der Waals surface area contributed by atoms with E-state index in [9.17, 15) is 37.9 Å². The quantitative estimate of drug-likeness (QED) is 0.174. The Balaban J connectivity index is 1.55. The summed E-state index contributed by atoms with van der Waals surface area (Å²) in [6.45, 7) is 0. The summed E-state index contributed by atoms with van der Waals surface area (Å²) in [5, 5.41) is 23.7. The topological polar surface area (TPSA) is 184 Å². The number of carboxylic acids is 1. The summed E-state index contributed by atoms with van der Waals surface area (Å²) in [5.74, 6) is -3.36. The first-order valence-corrected chi connectivity index (χ1v) is 12.0. The number of amides is 2. The summed E-state index contributed by atoms with van der Waals surface area (Å²) in [5.41, 5.74) is 2.96. The van der Waals surface area contributed by atoms with Gasteiger partial charge in [0.15, 0.2) is 16.5 Å². The molecule has 19 heteroatoms. The zero-order chi connectivity index (χ0) is 25.7. The molecule has 2 amide bonds. The molecule has 0 aromatic carbocycles. The Morgan fingerprint density at radius 3 is 2.63 bits per heavy atom. The van der Waals surface area contributed by atoms with Crippen molar-refractivity contribution in [2.75, 3.05) is 5.73 Å². The molecule has 0 radical (unpaired) electrons. The number of carbonyl (C=O) groups is 3. The molecule has 2 aromatic rings. The highest BCUT2D eigenvalue weighted by molar-refractivity contribution is 8.03. The maximum absolute atomic E-state index is 13.1. The van der Waals surface area contributed by atoms with Gasteiger partial charge in [-0.2, -0.15) is 21.9 Å². The number of nitrogens with zero attached hydrogens (tertiary/aromatic N) is 5. The van der Waals surface area contributed by atoms with Crippen LogP contribution in [0.5, 0.6) is 0 Å². The molecule has 2 aliphatic heterocycles. The molecule has 2 aromatic heterocycles. The summed E-state index contributed by atoms with van der Waals surface area (Å²) >= 11 is 7.56. The number of carboxylic acid groups (broad SMARTS) is 1. The van der Waals surface area contributed by atoms with Crippen molar-refractivity contribution >= 4 is 75.1 Å². The fraction of sp³-hybridized carbons (Fsp3) is 0.312. The van der Waals surface area contributed by atoms with Crippen LogP contribution in [-0.4, -0.2) is 64.5 Å². The van der Waals surface area contributed by atoms with Crippen molar-refractivity contribution in [1.82, 2.24) is 23.9 Å². The van der Waals surface area contributed by atoms with Crippen molar-refractivity contribution in [2.24, 2.45) is 5.16 Å². The molecule has 1 fully saturated rings. The molecule has 1 saturated heterocycles. The first kappa shape index (κ1) is 25.1. The van der Waals surface area contributed by atoms with Crippen LogP contribution in [0.1, 0.15) is 24.2 Å². The molecule has 4 rings (SSSR count). The molecular formula is C16H11ClF3N7O5S3. The molecule has 2 aliphatic rings. The maximum atomic E-state index is 13.1. The second kappa shape index (κ2) is 9.25. The van der Waals surface area contributed by atoms with E-state index in [1.807, 2.05) is 0 Å². The molecular weight excluding hydrogens is 559 g/mol. The van der Waals surface area contributed by atoms with E-state index in [0.29, 0.717) is 23.5 Å². The van der Waals surface area contributed by atoms with Gasteiger partial charge in [-0.15, -0.1) is 0 Å². The average molecular weight is 570 g/mol. The summed E-state index contributed by atoms with van der Waals surface area (Å²) in [7, 11) is 0. The monoisotopic (exact) mass is 569 g/mol. The molecule has 186 valence electrons. The van der Waals surface area contributed by atoms with Gasteiger partial charge in [0, 0.05) is 4.91 Å². The van der Waals surface area contributed by atoms with Gasteiger partial charge in [-0.1, -0.05) is 39.9 Å². The third-order valence-electron chi connectivity index (χ3n) is 4.97. The van der Waals surface area contributed by atoms with Crippen LogP contribution in [0.2, 0.25) is 4.34 Å². The molecule has 0 aliphatic carbocycles. The van der Waals surface area contributed by atoms with Gasteiger partial charge in [-0.25, -0.2) is 9.78 Å². The lowest BCUT2D eigenvalue weighted by molar-refractivity contribution is -0.155. The second-order valence-corrected chi connectivity index (χ2v) is 10.2. The molecule has 12 nitrogen and oxygen atoms in total. The van der Waals surface area contributed by atoms with Crippen molar-refractivity contribution in [3.05, 3.63) is 26.3 Å². The Morgan fingerprint density at radius 2 is 2.06 bits per heavy atom. The summed E-state index contributed by atoms with van der Waals surface area (Å²) in [6, 6.07) is -1.98. The van der Waals surface area contributed by atoms with Crippen LogP contribution >= 0.6 is 46.4 Å². The third-order valence-corrected chi connectivity index (χ3v) is 7.82. The van der Waals surface area contributed by atoms with Gasteiger partial charge in [-0.3, -0.25) is 14.5 Å². The molecule has 2 atom stereocenters. The van der Waals surface area contributed by atoms with E-state index in [1.165, 1.54) is 0 Å². The zero-order valence-electron chi connectivity index (χ0n) is 16.7. The van der Waals surface area contributed by atoms with Crippen LogP contribution in [0.15, 0.2) is 20.8 Å². The van der Waals surface area contributed by atoms with Crippen LogP contribution < -0.4 is 11.1 Å². The zero-order valence-corrected chi connectivity index (χ0v) is 19.9. The molecule has 0 saturated carbocycles. The van der Waals surface area contributed by atoms with Crippen molar-refractivity contribution in [2.45, 2.75) is 36.1 Å². The number of thioether (sulfide) groups is 1. The molecule has 35 heavy (non-hydrogen) atoms. The van der Waals surface area contributed by atoms with Gasteiger partial charge in [0.25, 0.3) is 11.8 Å². The van der Waals surface area contributed by atoms with Gasteiger partial charge >= 0.3 is 12.1 Å². The number of nitrogens with one attached hydrogen (secondary N) is 1. The van der Waals surface area contributed by atoms with E-state index in [2.05, 4.69) is 24.2 Å². The minimum atomic E-state index is -4.78. The number of allylic oxidation sites excluding steroid dienone is 1. The lowest BCUT2D eigenvalue weighted by Crippen LogP contribution is -2.72. The Labute approximate surface area is 210 Å². The number of hydrogen-bond acceptors (Lipinski definition) is 12. The SMILES string of the molecule is Nc1nc(/C(=N/O)C(=O)NC2C(=O)N3C(C(=O)O)=C(Sc4nsnc4C(F)(F)F)CC[C@H]23)c(Cl)s1. The Hall–Kier alpha value is -2.96. The first-order valence-electron chi connectivity index (χ1n) is 9.26. The highest BCUT2D eigenvalue weighted by atomic mass is 35.5. The predicted molar refractivity (Wildman–Crippen MR) is 117 cm³/mol. The number of fused-ring (bicyclic) bond motifs is 1. The lowest BCUT2D eigenvalue weighted by Gasteiger charge is -2.50. The first-order chi connectivity index (χ1) is 16.4. The minimum Gasteiger partial charge on any atom is -0.477 e. The van der Waals surface area contributed by atoms with Gasteiger partial charge in [0.05, 0.1) is 17.8 Å². The van der Waals surface area contributed by atoms with Gasteiger partial charge in [-0.05, 0) is 12.8 Å². The molecule has 5 N–H and O–H groups in total. The van der Waals surface area contributed by atoms with E-state index >= 15 is 0 Å². The fourth-order valence-corrected chi connectivity index (χ4v) is 6.24. The predicted octanol–water partition coefficient (Wildman–Crippen LogP) is 2.01. The van der Waals surface area contributed by atoms with Gasteiger partial charge in [0.2, 0.25) is 0 Å². The highest BCUT2D eigenvalue weighted by Gasteiger charge is 2.54. The van der Waals surface area contributed by atoms with Crippen LogP contribution in [0, 0.1) is 0 Å². The number of aliphatic carboxylic acids is 1. The van der Waals surface area contributed by atoms with E-state index in [-0.39, 0.29) is 32.9 Å². The standard InChI is InChI=1S/C16H11ClF3N7O5S3/c17-10-6(23-15(21)34-10)7(24-32)11(28)22-5-3-1-2-4(8(14(30)31)27(3)13(5)29)33-12-9(16(18,19)20)25-35-26-12/h3,5,32H,1-2H2,(H2,21,23)(H,22,28)(H,30,31)/b24-7-/t3-,5?/m1/s1. The van der Waals surface area contributed by atoms with Crippen LogP contribution in [-0.2, 0) is 20.6 Å². The number of anilines is 1. The van der Waals surface area contributed by atoms with Crippen molar-refractivity contribution in [3.8, 4) is 0 Å². The Kier molecular flexibility index (Phi) is 6.64. The summed E-state index contributed by atoms with van der Waals surface area (Å²) in [4.78, 5) is 42.0.